The van der Waals surface area contributed by atoms with E-state index in [0.717, 1.165) is 51.0 Å². The van der Waals surface area contributed by atoms with E-state index in [1.165, 1.54) is 25.7 Å². The molecular formula is C15H25N5. The zero-order chi connectivity index (χ0) is 13.8. The molecule has 2 fully saturated rings. The van der Waals surface area contributed by atoms with Crippen LogP contribution in [0.15, 0.2) is 12.3 Å². The molecule has 0 N–H and O–H groups in total. The van der Waals surface area contributed by atoms with E-state index in [2.05, 4.69) is 32.8 Å². The van der Waals surface area contributed by atoms with Crippen LogP contribution in [-0.4, -0.2) is 61.2 Å². The van der Waals surface area contributed by atoms with E-state index in [-0.39, 0.29) is 0 Å². The summed E-state index contributed by atoms with van der Waals surface area (Å²) in [6.07, 6.45) is 7.20. The maximum absolute atomic E-state index is 4.81. The predicted molar refractivity (Wildman–Crippen MR) is 82.4 cm³/mol. The Hall–Kier alpha value is -1.36. The molecule has 1 aromatic heterocycles. The van der Waals surface area contributed by atoms with Gasteiger partial charge in [-0.1, -0.05) is 12.8 Å². The Balaban J connectivity index is 1.71. The molecule has 2 aliphatic heterocycles. The number of hydrogen-bond donors (Lipinski definition) is 0. The van der Waals surface area contributed by atoms with Gasteiger partial charge in [0.05, 0.1) is 0 Å². The smallest absolute Gasteiger partial charge is 0.227 e. The SMILES string of the molecule is CN1CCN(c2nccc(N3CCCCCC3)n2)CC1. The summed E-state index contributed by atoms with van der Waals surface area (Å²) in [5, 5.41) is 0. The molecule has 20 heavy (non-hydrogen) atoms. The predicted octanol–water partition coefficient (Wildman–Crippen LogP) is 1.61. The quantitative estimate of drug-likeness (QED) is 0.819. The number of piperazine rings is 1. The molecule has 0 radical (unpaired) electrons. The number of nitrogens with zero attached hydrogens (tertiary/aromatic N) is 5. The molecule has 0 aromatic carbocycles. The van der Waals surface area contributed by atoms with E-state index < -0.39 is 0 Å². The van der Waals surface area contributed by atoms with Gasteiger partial charge in [0.1, 0.15) is 5.82 Å². The van der Waals surface area contributed by atoms with Crippen molar-refractivity contribution >= 4 is 11.8 Å². The van der Waals surface area contributed by atoms with Crippen LogP contribution in [0.3, 0.4) is 0 Å². The minimum absolute atomic E-state index is 0.903. The Bertz CT molecular complexity index is 420. The van der Waals surface area contributed by atoms with Gasteiger partial charge in [0.2, 0.25) is 5.95 Å². The van der Waals surface area contributed by atoms with Crippen LogP contribution in [0.4, 0.5) is 11.8 Å². The second kappa shape index (κ2) is 6.39. The molecule has 5 heteroatoms. The van der Waals surface area contributed by atoms with Crippen molar-refractivity contribution in [3.8, 4) is 0 Å². The topological polar surface area (TPSA) is 35.5 Å². The fraction of sp³-hybridized carbons (Fsp3) is 0.733. The highest BCUT2D eigenvalue weighted by molar-refractivity contribution is 5.44. The van der Waals surface area contributed by atoms with Crippen molar-refractivity contribution in [3.05, 3.63) is 12.3 Å². The van der Waals surface area contributed by atoms with Crippen molar-refractivity contribution < 1.29 is 0 Å². The van der Waals surface area contributed by atoms with Crippen molar-refractivity contribution in [1.29, 1.82) is 0 Å². The molecule has 5 nitrogen and oxygen atoms in total. The summed E-state index contributed by atoms with van der Waals surface area (Å²) < 4.78 is 0. The molecule has 2 aliphatic rings. The van der Waals surface area contributed by atoms with Crippen molar-refractivity contribution in [2.24, 2.45) is 0 Å². The third kappa shape index (κ3) is 3.20. The van der Waals surface area contributed by atoms with Gasteiger partial charge in [-0.05, 0) is 26.0 Å². The maximum Gasteiger partial charge on any atom is 0.227 e. The summed E-state index contributed by atoms with van der Waals surface area (Å²) in [4.78, 5) is 16.4. The van der Waals surface area contributed by atoms with E-state index in [4.69, 9.17) is 4.98 Å². The van der Waals surface area contributed by atoms with Gasteiger partial charge >= 0.3 is 0 Å². The van der Waals surface area contributed by atoms with E-state index >= 15 is 0 Å². The van der Waals surface area contributed by atoms with Crippen LogP contribution >= 0.6 is 0 Å². The molecule has 0 unspecified atom stereocenters. The summed E-state index contributed by atoms with van der Waals surface area (Å²) >= 11 is 0. The highest BCUT2D eigenvalue weighted by atomic mass is 15.3. The molecule has 3 rings (SSSR count). The maximum atomic E-state index is 4.81. The van der Waals surface area contributed by atoms with Gasteiger partial charge in [-0.15, -0.1) is 0 Å². The number of hydrogen-bond acceptors (Lipinski definition) is 5. The molecule has 0 bridgehead atoms. The largest absolute Gasteiger partial charge is 0.356 e. The second-order valence-corrected chi connectivity index (χ2v) is 5.91. The average Bonchev–Trinajstić information content (AvgIpc) is 2.77. The molecule has 110 valence electrons. The van der Waals surface area contributed by atoms with Gasteiger partial charge in [-0.3, -0.25) is 0 Å². The van der Waals surface area contributed by atoms with Gasteiger partial charge < -0.3 is 14.7 Å². The lowest BCUT2D eigenvalue weighted by Crippen LogP contribution is -2.45. The summed E-state index contributed by atoms with van der Waals surface area (Å²) in [6, 6.07) is 2.06. The van der Waals surface area contributed by atoms with Crippen LogP contribution in [0, 0.1) is 0 Å². The lowest BCUT2D eigenvalue weighted by atomic mass is 10.2. The van der Waals surface area contributed by atoms with E-state index in [9.17, 15) is 0 Å². The number of aromatic nitrogens is 2. The Kier molecular flexibility index (Phi) is 4.35. The minimum atomic E-state index is 0.903. The van der Waals surface area contributed by atoms with Gasteiger partial charge in [0.15, 0.2) is 0 Å². The monoisotopic (exact) mass is 275 g/mol. The van der Waals surface area contributed by atoms with Gasteiger partial charge in [0, 0.05) is 45.5 Å². The summed E-state index contributed by atoms with van der Waals surface area (Å²) in [5.41, 5.74) is 0. The molecule has 0 atom stereocenters. The zero-order valence-corrected chi connectivity index (χ0v) is 12.5. The molecule has 0 spiro atoms. The first kappa shape index (κ1) is 13.6. The van der Waals surface area contributed by atoms with Crippen molar-refractivity contribution in [2.75, 3.05) is 56.1 Å². The molecule has 0 saturated carbocycles. The first-order valence-electron chi connectivity index (χ1n) is 7.84. The first-order chi connectivity index (χ1) is 9.83. The van der Waals surface area contributed by atoms with Crippen molar-refractivity contribution in [2.45, 2.75) is 25.7 Å². The van der Waals surface area contributed by atoms with Gasteiger partial charge in [0.25, 0.3) is 0 Å². The van der Waals surface area contributed by atoms with Gasteiger partial charge in [-0.2, -0.15) is 4.98 Å². The van der Waals surface area contributed by atoms with Crippen LogP contribution in [0.2, 0.25) is 0 Å². The van der Waals surface area contributed by atoms with Crippen molar-refractivity contribution in [1.82, 2.24) is 14.9 Å². The van der Waals surface area contributed by atoms with Crippen LogP contribution in [0.25, 0.3) is 0 Å². The molecule has 1 aromatic rings. The lowest BCUT2D eigenvalue weighted by molar-refractivity contribution is 0.311. The number of rotatable bonds is 2. The molecule has 0 aliphatic carbocycles. The minimum Gasteiger partial charge on any atom is -0.356 e. The van der Waals surface area contributed by atoms with Crippen LogP contribution in [-0.2, 0) is 0 Å². The molecular weight excluding hydrogens is 250 g/mol. The van der Waals surface area contributed by atoms with Crippen LogP contribution in [0.1, 0.15) is 25.7 Å². The Labute approximate surface area is 121 Å². The first-order valence-corrected chi connectivity index (χ1v) is 7.84. The Morgan fingerprint density at radius 2 is 1.55 bits per heavy atom. The average molecular weight is 275 g/mol. The molecule has 2 saturated heterocycles. The highest BCUT2D eigenvalue weighted by Gasteiger charge is 2.18. The molecule has 3 heterocycles. The highest BCUT2D eigenvalue weighted by Crippen LogP contribution is 2.19. The van der Waals surface area contributed by atoms with Gasteiger partial charge in [-0.25, -0.2) is 4.98 Å². The van der Waals surface area contributed by atoms with Crippen LogP contribution < -0.4 is 9.80 Å². The third-order valence-corrected chi connectivity index (χ3v) is 4.34. The summed E-state index contributed by atoms with van der Waals surface area (Å²) in [6.45, 7) is 6.52. The standard InChI is InChI=1S/C15H25N5/c1-18-10-12-20(13-11-18)15-16-7-6-14(17-15)19-8-4-2-3-5-9-19/h6-7H,2-5,8-13H2,1H3. The fourth-order valence-corrected chi connectivity index (χ4v) is 2.97. The summed E-state index contributed by atoms with van der Waals surface area (Å²) in [7, 11) is 2.17. The number of anilines is 2. The van der Waals surface area contributed by atoms with Crippen molar-refractivity contribution in [3.63, 3.8) is 0 Å². The van der Waals surface area contributed by atoms with E-state index in [1.807, 2.05) is 6.20 Å². The normalized spacial score (nSPS) is 21.9. The van der Waals surface area contributed by atoms with Crippen LogP contribution in [0.5, 0.6) is 0 Å². The summed E-state index contributed by atoms with van der Waals surface area (Å²) in [5.74, 6) is 2.01. The Morgan fingerprint density at radius 3 is 2.25 bits per heavy atom. The third-order valence-electron chi connectivity index (χ3n) is 4.34. The number of likely N-dealkylation sites (N-methyl/N-ethyl adjacent to an activating group) is 1. The Morgan fingerprint density at radius 1 is 0.850 bits per heavy atom. The van der Waals surface area contributed by atoms with E-state index in [1.54, 1.807) is 0 Å². The lowest BCUT2D eigenvalue weighted by Gasteiger charge is -2.33. The van der Waals surface area contributed by atoms with E-state index in [0.29, 0.717) is 0 Å². The fourth-order valence-electron chi connectivity index (χ4n) is 2.97. The zero-order valence-electron chi connectivity index (χ0n) is 12.5. The molecule has 0 amide bonds. The second-order valence-electron chi connectivity index (χ2n) is 5.91.